The molecule has 10 N–H and O–H groups in total. The number of phosphoric ester groups is 1. The molecule has 0 aromatic carbocycles. The summed E-state index contributed by atoms with van der Waals surface area (Å²) in [5.41, 5.74) is 0. The molecule has 28 heteroatoms. The highest BCUT2D eigenvalue weighted by Gasteiger charge is 2.56. The molecule has 14 atom stereocenters. The molecule has 2 fully saturated rings. The van der Waals surface area contributed by atoms with Gasteiger partial charge in [0.1, 0.15) is 48.7 Å². The van der Waals surface area contributed by atoms with Gasteiger partial charge in [0.15, 0.2) is 24.3 Å². The fraction of sp³-hybridized carbons (Fsp3) is 0.938. The van der Waals surface area contributed by atoms with Crippen LogP contribution in [0, 0.1) is 5.92 Å². The zero-order valence-electron chi connectivity index (χ0n) is 79.5. The number of carbonyl (C=O) groups excluding carboxylic acids is 6. The summed E-state index contributed by atoms with van der Waals surface area (Å²) >= 11 is 0. The Morgan fingerprint density at radius 3 is 1.05 bits per heavy atom. The third kappa shape index (κ3) is 62.0. The van der Waals surface area contributed by atoms with Crippen LogP contribution in [0.3, 0.4) is 0 Å². The van der Waals surface area contributed by atoms with Gasteiger partial charge in [-0.1, -0.05) is 389 Å². The standard InChI is InChI=1S/C97H184N2O24P2/c1-8-13-18-23-28-33-34-41-48-56-63-70-87(106)118-81(68-61-54-47-39-32-27-22-17-12-5)74-89(108)122-95-90(98-85(104)73-80(67-60-53-46-38-31-26-21-16-11-4)117-86(105)69-62-55-49-42-35-40-43-50-57-64-77(6)7)96(119-82(75-100)93(95)123-125(113,114)115)116-76-83-92(109)94(121-88(107)72-79(102)66-59-52-45-37-30-25-20-15-10-3)91(97(120-83)124(110,111)112)99-84(103)71-78(101)65-58-51-44-36-29-24-19-14-9-2/h77-83,90-97,100-102,109H,8-76H2,1-7H3,(H,98,104)(H,99,103)(H2,110,111,112)(H2,113,114,115)/t78-,79-,80-,81-,82-,83-,90-,91-,92-,93-,94-,95-,96-,97?/m1/s1. The number of esters is 4. The third-order valence-corrected chi connectivity index (χ3v) is 26.3. The second-order valence-electron chi connectivity index (χ2n) is 37.1. The highest BCUT2D eigenvalue weighted by atomic mass is 31.2. The van der Waals surface area contributed by atoms with Crippen molar-refractivity contribution < 1.29 is 116 Å². The van der Waals surface area contributed by atoms with Gasteiger partial charge in [-0.3, -0.25) is 37.9 Å². The molecule has 0 aliphatic carbocycles. The molecular weight excluding hydrogens is 1640 g/mol. The minimum absolute atomic E-state index is 0.0805. The lowest BCUT2D eigenvalue weighted by atomic mass is 9.95. The first-order valence-corrected chi connectivity index (χ1v) is 54.1. The van der Waals surface area contributed by atoms with E-state index in [2.05, 4.69) is 59.1 Å². The second kappa shape index (κ2) is 76.2. The number of amides is 2. The summed E-state index contributed by atoms with van der Waals surface area (Å²) in [6.07, 6.45) is 37.7. The van der Waals surface area contributed by atoms with Crippen molar-refractivity contribution in [2.24, 2.45) is 5.92 Å². The van der Waals surface area contributed by atoms with Gasteiger partial charge >= 0.3 is 39.3 Å². The van der Waals surface area contributed by atoms with Gasteiger partial charge in [-0.25, -0.2) is 4.57 Å². The first-order chi connectivity index (χ1) is 60.2. The summed E-state index contributed by atoms with van der Waals surface area (Å²) in [7, 11) is -11.3. The summed E-state index contributed by atoms with van der Waals surface area (Å²) in [6, 6.07) is -3.93. The normalized spacial score (nSPS) is 20.3. The van der Waals surface area contributed by atoms with Crippen molar-refractivity contribution in [3.05, 3.63) is 0 Å². The predicted octanol–water partition coefficient (Wildman–Crippen LogP) is 21.7. The van der Waals surface area contributed by atoms with Crippen LogP contribution >= 0.6 is 15.4 Å². The van der Waals surface area contributed by atoms with Crippen LogP contribution in [0.15, 0.2) is 0 Å². The van der Waals surface area contributed by atoms with Crippen LogP contribution in [0.1, 0.15) is 479 Å². The van der Waals surface area contributed by atoms with Gasteiger partial charge in [0.05, 0.1) is 51.1 Å². The predicted molar refractivity (Wildman–Crippen MR) is 493 cm³/mol. The monoisotopic (exact) mass is 1820 g/mol. The minimum Gasteiger partial charge on any atom is -0.462 e. The molecule has 0 spiro atoms. The van der Waals surface area contributed by atoms with Crippen molar-refractivity contribution in [3.63, 3.8) is 0 Å². The number of carbonyl (C=O) groups is 6. The third-order valence-electron chi connectivity index (χ3n) is 24.6. The molecule has 1 unspecified atom stereocenters. The molecule has 0 radical (unpaired) electrons. The van der Waals surface area contributed by atoms with E-state index in [4.69, 9.17) is 37.7 Å². The SMILES string of the molecule is CCCCCCCCCCCCCC(=O)O[C@H](CCCCCCCCCCC)CC(=O)O[C@@H]1[C@@H](NC(=O)C[C@@H](CCCCCCCCCCC)OC(=O)CCCCCCCCCCCC(C)C)[C@H](OC[C@H]2OC(P(=O)(O)O)[C@H](NC(=O)C[C@H](O)CCCCCCCCCCC)[C@@H](OC(=O)C[C@H](O)CCCCCCCCCCC)[C@@H]2O)O[C@H](CO)[C@H]1OP(=O)(O)O. The first-order valence-electron chi connectivity index (χ1n) is 50.9. The number of hydrogen-bond donors (Lipinski definition) is 10. The Bertz CT molecular complexity index is 2760. The van der Waals surface area contributed by atoms with Gasteiger partial charge in [-0.05, 0) is 57.3 Å². The maximum Gasteiger partial charge on any atom is 0.470 e. The molecule has 2 aliphatic heterocycles. The van der Waals surface area contributed by atoms with Crippen molar-refractivity contribution in [2.45, 2.75) is 564 Å². The van der Waals surface area contributed by atoms with Crippen molar-refractivity contribution in [1.29, 1.82) is 0 Å². The molecule has 2 amide bonds. The fourth-order valence-electron chi connectivity index (χ4n) is 17.1. The molecule has 2 aliphatic rings. The summed E-state index contributed by atoms with van der Waals surface area (Å²) in [5, 5.41) is 51.5. The zero-order chi connectivity index (χ0) is 92.0. The van der Waals surface area contributed by atoms with E-state index in [9.17, 15) is 68.3 Å². The lowest BCUT2D eigenvalue weighted by Gasteiger charge is -2.47. The maximum atomic E-state index is 15.2. The molecule has 2 heterocycles. The lowest BCUT2D eigenvalue weighted by Crippen LogP contribution is -2.67. The second-order valence-corrected chi connectivity index (χ2v) is 40.0. The van der Waals surface area contributed by atoms with E-state index in [1.807, 2.05) is 0 Å². The summed E-state index contributed by atoms with van der Waals surface area (Å²) in [4.78, 5) is 130. The highest BCUT2D eigenvalue weighted by Crippen LogP contribution is 2.49. The van der Waals surface area contributed by atoms with Gasteiger partial charge in [0.2, 0.25) is 11.8 Å². The van der Waals surface area contributed by atoms with Crippen LogP contribution < -0.4 is 10.6 Å². The molecule has 125 heavy (non-hydrogen) atoms. The Kier molecular flexibility index (Phi) is 71.9. The van der Waals surface area contributed by atoms with Crippen LogP contribution in [-0.4, -0.2) is 174 Å². The van der Waals surface area contributed by atoms with Gasteiger partial charge in [-0.15, -0.1) is 0 Å². The van der Waals surface area contributed by atoms with Crippen LogP contribution in [0.2, 0.25) is 0 Å². The zero-order valence-corrected chi connectivity index (χ0v) is 81.2. The smallest absolute Gasteiger partial charge is 0.462 e. The number of aliphatic hydroxyl groups is 4. The Morgan fingerprint density at radius 1 is 0.360 bits per heavy atom. The molecule has 2 saturated heterocycles. The lowest BCUT2D eigenvalue weighted by molar-refractivity contribution is -0.284. The highest BCUT2D eigenvalue weighted by molar-refractivity contribution is 7.52. The summed E-state index contributed by atoms with van der Waals surface area (Å²) < 4.78 is 75.8. The van der Waals surface area contributed by atoms with Crippen LogP contribution in [0.25, 0.3) is 0 Å². The number of hydrogen-bond acceptors (Lipinski definition) is 20. The number of phosphoric acid groups is 1. The largest absolute Gasteiger partial charge is 0.470 e. The number of nitrogens with one attached hydrogen (secondary N) is 2. The van der Waals surface area contributed by atoms with Gasteiger partial charge in [0.25, 0.3) is 0 Å². The molecular formula is C97H184N2O24P2. The van der Waals surface area contributed by atoms with Crippen molar-refractivity contribution >= 4 is 51.1 Å². The molecule has 0 bridgehead atoms. The molecule has 0 aromatic rings. The molecule has 0 saturated carbocycles. The Morgan fingerprint density at radius 2 is 0.680 bits per heavy atom. The fourth-order valence-corrected chi connectivity index (χ4v) is 18.7. The van der Waals surface area contributed by atoms with Gasteiger partial charge < -0.3 is 83.8 Å². The Balaban J connectivity index is 2.82. The van der Waals surface area contributed by atoms with Crippen LogP contribution in [-0.2, 0) is 75.6 Å². The van der Waals surface area contributed by atoms with E-state index in [0.29, 0.717) is 44.4 Å². The molecule has 2 rings (SSSR count). The Labute approximate surface area is 756 Å². The van der Waals surface area contributed by atoms with Gasteiger partial charge in [0, 0.05) is 12.8 Å². The number of rotatable bonds is 85. The van der Waals surface area contributed by atoms with Crippen molar-refractivity contribution in [3.8, 4) is 0 Å². The van der Waals surface area contributed by atoms with Crippen molar-refractivity contribution in [2.75, 3.05) is 13.2 Å². The number of aliphatic hydroxyl groups excluding tert-OH is 4. The van der Waals surface area contributed by atoms with E-state index in [1.165, 1.54) is 77.0 Å². The summed E-state index contributed by atoms with van der Waals surface area (Å²) in [5.74, 6) is -6.78. The van der Waals surface area contributed by atoms with Crippen LogP contribution in [0.5, 0.6) is 0 Å². The average Bonchev–Trinajstić information content (AvgIpc) is 0.772. The van der Waals surface area contributed by atoms with Crippen molar-refractivity contribution in [1.82, 2.24) is 10.6 Å². The van der Waals surface area contributed by atoms with E-state index < -0.39 is 175 Å². The maximum absolute atomic E-state index is 15.2. The molecule has 26 nitrogen and oxygen atoms in total. The number of unbranched alkanes of at least 4 members (excludes halogenated alkanes) is 50. The van der Waals surface area contributed by atoms with E-state index in [-0.39, 0.29) is 38.5 Å². The first kappa shape index (κ1) is 118. The summed E-state index contributed by atoms with van der Waals surface area (Å²) in [6.45, 7) is 13.2. The van der Waals surface area contributed by atoms with E-state index in [1.54, 1.807) is 0 Å². The molecule has 736 valence electrons. The topological polar surface area (TPSA) is 396 Å². The van der Waals surface area contributed by atoms with Gasteiger partial charge in [-0.2, -0.15) is 0 Å². The average molecular weight is 1820 g/mol. The number of ether oxygens (including phenoxy) is 7. The van der Waals surface area contributed by atoms with E-state index in [0.717, 1.165) is 250 Å². The van der Waals surface area contributed by atoms with Crippen LogP contribution in [0.4, 0.5) is 0 Å². The molecule has 0 aromatic heterocycles. The van der Waals surface area contributed by atoms with E-state index >= 15 is 9.59 Å². The quantitative estimate of drug-likeness (QED) is 0.0117. The minimum atomic E-state index is -5.69. The Hall–Kier alpha value is -3.20.